The molecule has 1 aliphatic rings. The van der Waals surface area contributed by atoms with Crippen molar-refractivity contribution >= 4 is 29.4 Å². The number of methoxy groups -OCH3 is 2. The highest BCUT2D eigenvalue weighted by molar-refractivity contribution is 7.07. The van der Waals surface area contributed by atoms with Gasteiger partial charge in [-0.15, -0.1) is 0 Å². The molecule has 9 nitrogen and oxygen atoms in total. The van der Waals surface area contributed by atoms with Crippen LogP contribution in [0.15, 0.2) is 86.1 Å². The summed E-state index contributed by atoms with van der Waals surface area (Å²) in [4.78, 5) is 43.9. The van der Waals surface area contributed by atoms with Crippen LogP contribution in [0.4, 0.5) is 0 Å². The van der Waals surface area contributed by atoms with Crippen LogP contribution in [0.5, 0.6) is 5.75 Å². The minimum Gasteiger partial charge on any atom is -0.496 e. The van der Waals surface area contributed by atoms with Crippen LogP contribution in [-0.4, -0.2) is 37.3 Å². The number of ether oxygens (including phenoxy) is 3. The molecule has 0 fully saturated rings. The van der Waals surface area contributed by atoms with E-state index >= 15 is 0 Å². The monoisotopic (exact) mass is 558 g/mol. The first kappa shape index (κ1) is 26.9. The number of para-hydroxylation sites is 1. The normalized spacial score (nSPS) is 14.9. The summed E-state index contributed by atoms with van der Waals surface area (Å²) >= 11 is 1.19. The fraction of sp³-hybridized carbons (Fsp3) is 0.200. The average molecular weight is 559 g/mol. The van der Waals surface area contributed by atoms with Crippen LogP contribution in [0, 0.1) is 0 Å². The van der Waals surface area contributed by atoms with Gasteiger partial charge in [0.15, 0.2) is 4.80 Å². The first-order valence-corrected chi connectivity index (χ1v) is 13.3. The van der Waals surface area contributed by atoms with Gasteiger partial charge in [0.2, 0.25) is 0 Å². The van der Waals surface area contributed by atoms with Crippen molar-refractivity contribution in [2.75, 3.05) is 20.8 Å². The van der Waals surface area contributed by atoms with Gasteiger partial charge in [-0.05, 0) is 44.2 Å². The van der Waals surface area contributed by atoms with Gasteiger partial charge in [-0.25, -0.2) is 14.6 Å². The zero-order chi connectivity index (χ0) is 28.4. The molecule has 0 radical (unpaired) electrons. The van der Waals surface area contributed by atoms with Gasteiger partial charge in [-0.1, -0.05) is 41.7 Å². The van der Waals surface area contributed by atoms with Crippen molar-refractivity contribution in [3.8, 4) is 17.1 Å². The third-order valence-electron chi connectivity index (χ3n) is 6.42. The van der Waals surface area contributed by atoms with Crippen LogP contribution in [0.1, 0.15) is 41.6 Å². The molecule has 5 rings (SSSR count). The average Bonchev–Trinajstić information content (AvgIpc) is 3.56. The zero-order valence-corrected chi connectivity index (χ0v) is 23.1. The molecule has 4 aromatic rings. The second-order valence-electron chi connectivity index (χ2n) is 8.82. The van der Waals surface area contributed by atoms with Gasteiger partial charge in [0.1, 0.15) is 23.3 Å². The number of thiazole rings is 1. The number of nitrogens with zero attached hydrogens (tertiary/aromatic N) is 2. The highest BCUT2D eigenvalue weighted by atomic mass is 32.1. The Morgan fingerprint density at radius 3 is 2.62 bits per heavy atom. The minimum atomic E-state index is -0.790. The Hall–Kier alpha value is -4.70. The molecule has 204 valence electrons. The maximum absolute atomic E-state index is 13.8. The van der Waals surface area contributed by atoms with Gasteiger partial charge in [0.25, 0.3) is 5.56 Å². The number of hydrogen-bond donors (Lipinski definition) is 0. The van der Waals surface area contributed by atoms with Gasteiger partial charge in [-0.3, -0.25) is 9.36 Å². The number of rotatable bonds is 7. The van der Waals surface area contributed by atoms with E-state index in [9.17, 15) is 14.4 Å². The third kappa shape index (κ3) is 4.89. The van der Waals surface area contributed by atoms with Crippen LogP contribution in [-0.2, 0) is 14.3 Å². The second-order valence-corrected chi connectivity index (χ2v) is 9.83. The Morgan fingerprint density at radius 2 is 1.88 bits per heavy atom. The van der Waals surface area contributed by atoms with Crippen molar-refractivity contribution in [3.63, 3.8) is 0 Å². The summed E-state index contributed by atoms with van der Waals surface area (Å²) in [6, 6.07) is 16.8. The predicted octanol–water partition coefficient (Wildman–Crippen LogP) is 3.85. The number of allylic oxidation sites excluding steroid dienone is 1. The van der Waals surface area contributed by atoms with E-state index in [4.69, 9.17) is 18.6 Å². The van der Waals surface area contributed by atoms with E-state index < -0.39 is 18.0 Å². The number of carbonyl (C=O) groups is 2. The molecule has 0 aliphatic carbocycles. The Bertz CT molecular complexity index is 1830. The Kier molecular flexibility index (Phi) is 7.52. The summed E-state index contributed by atoms with van der Waals surface area (Å²) in [5, 5.41) is 0. The SMILES string of the molecule is CCOC(=O)C1=C(C)N=c2s/c(=C\c3ccc(-c4cccc(C(=O)OC)c4)o3)c(=O)n2C1c1ccccc1OC. The van der Waals surface area contributed by atoms with E-state index in [1.807, 2.05) is 24.3 Å². The van der Waals surface area contributed by atoms with E-state index in [2.05, 4.69) is 4.99 Å². The number of furan rings is 1. The zero-order valence-electron chi connectivity index (χ0n) is 22.3. The van der Waals surface area contributed by atoms with Crippen molar-refractivity contribution in [2.24, 2.45) is 4.99 Å². The molecule has 0 saturated carbocycles. The number of benzene rings is 2. The topological polar surface area (TPSA) is 109 Å². The quantitative estimate of drug-likeness (QED) is 0.317. The molecule has 1 aliphatic heterocycles. The van der Waals surface area contributed by atoms with E-state index in [-0.39, 0.29) is 17.7 Å². The molecule has 1 unspecified atom stereocenters. The van der Waals surface area contributed by atoms with Crippen LogP contribution in [0.2, 0.25) is 0 Å². The molecular formula is C30H26N2O7S. The summed E-state index contributed by atoms with van der Waals surface area (Å²) < 4.78 is 23.6. The predicted molar refractivity (Wildman–Crippen MR) is 149 cm³/mol. The van der Waals surface area contributed by atoms with Gasteiger partial charge < -0.3 is 18.6 Å². The van der Waals surface area contributed by atoms with Crippen LogP contribution < -0.4 is 19.6 Å². The fourth-order valence-electron chi connectivity index (χ4n) is 4.61. The molecule has 10 heteroatoms. The van der Waals surface area contributed by atoms with E-state index in [1.54, 1.807) is 63.4 Å². The summed E-state index contributed by atoms with van der Waals surface area (Å²) in [6.07, 6.45) is 1.64. The minimum absolute atomic E-state index is 0.183. The number of fused-ring (bicyclic) bond motifs is 1. The van der Waals surface area contributed by atoms with E-state index in [0.717, 1.165) is 0 Å². The van der Waals surface area contributed by atoms with Gasteiger partial charge in [0.05, 0.1) is 42.2 Å². The maximum Gasteiger partial charge on any atom is 0.338 e. The highest BCUT2D eigenvalue weighted by Crippen LogP contribution is 2.35. The van der Waals surface area contributed by atoms with Crippen LogP contribution in [0.3, 0.4) is 0 Å². The summed E-state index contributed by atoms with van der Waals surface area (Å²) in [5.41, 5.74) is 2.13. The van der Waals surface area contributed by atoms with Crippen molar-refractivity contribution < 1.29 is 28.2 Å². The summed E-state index contributed by atoms with van der Waals surface area (Å²) in [7, 11) is 2.87. The molecule has 0 N–H and O–H groups in total. The standard InChI is InChI=1S/C30H26N2O7S/c1-5-38-29(35)25-17(2)31-30-32(26(25)21-11-6-7-12-23(21)36-3)27(33)24(40-30)16-20-13-14-22(39-20)18-9-8-10-19(15-18)28(34)37-4/h6-16,26H,5H2,1-4H3/b24-16-. The molecule has 1 atom stereocenters. The van der Waals surface area contributed by atoms with Gasteiger partial charge in [0, 0.05) is 17.2 Å². The van der Waals surface area contributed by atoms with Crippen molar-refractivity contribution in [1.82, 2.24) is 4.57 Å². The van der Waals surface area contributed by atoms with E-state index in [0.29, 0.717) is 49.0 Å². The number of esters is 2. The fourth-order valence-corrected chi connectivity index (χ4v) is 5.64. The molecule has 0 saturated heterocycles. The van der Waals surface area contributed by atoms with Gasteiger partial charge in [-0.2, -0.15) is 0 Å². The lowest BCUT2D eigenvalue weighted by Crippen LogP contribution is -2.40. The lowest BCUT2D eigenvalue weighted by molar-refractivity contribution is -0.139. The Labute approximate surface area is 233 Å². The molecule has 0 spiro atoms. The van der Waals surface area contributed by atoms with Crippen molar-refractivity contribution in [1.29, 1.82) is 0 Å². The Morgan fingerprint density at radius 1 is 1.07 bits per heavy atom. The second kappa shape index (κ2) is 11.2. The summed E-state index contributed by atoms with van der Waals surface area (Å²) in [5.74, 6) is 0.509. The lowest BCUT2D eigenvalue weighted by atomic mass is 9.95. The lowest BCUT2D eigenvalue weighted by Gasteiger charge is -2.25. The van der Waals surface area contributed by atoms with Crippen LogP contribution >= 0.6 is 11.3 Å². The third-order valence-corrected chi connectivity index (χ3v) is 7.40. The smallest absolute Gasteiger partial charge is 0.338 e. The van der Waals surface area contributed by atoms with Crippen LogP contribution in [0.25, 0.3) is 17.4 Å². The molecule has 0 amide bonds. The molecule has 2 aromatic carbocycles. The van der Waals surface area contributed by atoms with Crippen molar-refractivity contribution in [3.05, 3.63) is 109 Å². The number of aromatic nitrogens is 1. The first-order valence-electron chi connectivity index (χ1n) is 12.5. The molecule has 2 aromatic heterocycles. The first-order chi connectivity index (χ1) is 19.4. The maximum atomic E-state index is 13.8. The Balaban J connectivity index is 1.62. The number of carbonyl (C=O) groups excluding carboxylic acids is 2. The van der Waals surface area contributed by atoms with Crippen molar-refractivity contribution in [2.45, 2.75) is 19.9 Å². The number of hydrogen-bond acceptors (Lipinski definition) is 9. The highest BCUT2D eigenvalue weighted by Gasteiger charge is 2.35. The molecule has 3 heterocycles. The summed E-state index contributed by atoms with van der Waals surface area (Å²) in [6.45, 7) is 3.64. The largest absolute Gasteiger partial charge is 0.496 e. The molecule has 0 bridgehead atoms. The molecule has 40 heavy (non-hydrogen) atoms. The van der Waals surface area contributed by atoms with E-state index in [1.165, 1.54) is 23.0 Å². The molecular weight excluding hydrogens is 532 g/mol. The van der Waals surface area contributed by atoms with Gasteiger partial charge >= 0.3 is 11.9 Å².